The number of benzene rings is 4. The van der Waals surface area contributed by atoms with Crippen molar-refractivity contribution in [3.63, 3.8) is 0 Å². The maximum Gasteiger partial charge on any atom is 2.00 e. The molecule has 0 amide bonds. The third-order valence-electron chi connectivity index (χ3n) is 10.3. The minimum atomic E-state index is -0.725. The van der Waals surface area contributed by atoms with E-state index >= 15 is 0 Å². The molecule has 8 rings (SSSR count). The molecule has 2 heterocycles. The van der Waals surface area contributed by atoms with E-state index in [-0.39, 0.29) is 27.4 Å². The smallest absolute Gasteiger partial charge is 0.252 e. The second-order valence-corrected chi connectivity index (χ2v) is 20.8. The predicted octanol–water partition coefficient (Wildman–Crippen LogP) is 14.0. The van der Waals surface area contributed by atoms with Crippen molar-refractivity contribution in [1.82, 2.24) is 9.97 Å². The molecule has 5 heteroatoms. The summed E-state index contributed by atoms with van der Waals surface area (Å²) in [6, 6.07) is 60.1. The number of para-hydroxylation sites is 2. The molecule has 0 radical (unpaired) electrons. The average molecular weight is 797 g/mol. The first-order chi connectivity index (χ1) is 25.9. The number of pyridine rings is 2. The Hall–Kier alpha value is -4.22. The van der Waals surface area contributed by atoms with Gasteiger partial charge >= 0.3 is 17.1 Å². The molecule has 0 spiro atoms. The fraction of sp³-hybridized carbons (Fsp3) is 0.200. The van der Waals surface area contributed by atoms with Gasteiger partial charge in [0.25, 0.3) is 0 Å². The van der Waals surface area contributed by atoms with Crippen molar-refractivity contribution in [2.45, 2.75) is 63.2 Å². The number of hydrogen-bond acceptors (Lipinski definition) is 2. The normalized spacial score (nSPS) is 12.0. The van der Waals surface area contributed by atoms with Crippen molar-refractivity contribution in [3.8, 4) is 22.3 Å². The third-order valence-corrected chi connectivity index (χ3v) is 15.0. The summed E-state index contributed by atoms with van der Waals surface area (Å²) >= 11 is 0. The van der Waals surface area contributed by atoms with Crippen LogP contribution in [0.3, 0.4) is 0 Å². The molecule has 0 aliphatic heterocycles. The SMILES string of the molecule is CC(C)(C)P(Cc1c(C(P)(c2ccc3ccccc3n2)c2ccc3ccccc3n2)cc(-c2ccccc2)[c-]1-c1ccccc1)C(C)(C)C.[Fe+2].c1cc[cH-]c1. The first-order valence-corrected chi connectivity index (χ1v) is 20.9. The molecule has 1 atom stereocenters. The summed E-state index contributed by atoms with van der Waals surface area (Å²) in [5.74, 6) is 0. The molecule has 6 aromatic carbocycles. The van der Waals surface area contributed by atoms with Gasteiger partial charge in [0.05, 0.1) is 27.6 Å². The number of fused-ring (bicyclic) bond motifs is 2. The first-order valence-electron chi connectivity index (χ1n) is 18.8. The van der Waals surface area contributed by atoms with Gasteiger partial charge in [-0.1, -0.05) is 174 Å². The third kappa shape index (κ3) is 8.63. The average Bonchev–Trinajstić information content (AvgIpc) is 3.89. The van der Waals surface area contributed by atoms with Gasteiger partial charge in [-0.05, 0) is 40.7 Å². The van der Waals surface area contributed by atoms with Crippen LogP contribution in [-0.2, 0) is 28.4 Å². The summed E-state index contributed by atoms with van der Waals surface area (Å²) in [7, 11) is 2.82. The summed E-state index contributed by atoms with van der Waals surface area (Å²) in [4.78, 5) is 10.9. The Morgan fingerprint density at radius 2 is 1.05 bits per heavy atom. The quantitative estimate of drug-likeness (QED) is 0.0912. The van der Waals surface area contributed by atoms with Crippen LogP contribution in [-0.4, -0.2) is 20.3 Å². The van der Waals surface area contributed by atoms with Gasteiger partial charge in [-0.2, -0.15) is 18.2 Å². The molecule has 2 nitrogen and oxygen atoms in total. The molecule has 8 aromatic rings. The first kappa shape index (κ1) is 40.4. The molecule has 2 aromatic heterocycles. The molecule has 0 fully saturated rings. The molecular formula is C50H50FeN2P2. The fourth-order valence-corrected chi connectivity index (χ4v) is 12.0. The van der Waals surface area contributed by atoms with Gasteiger partial charge in [-0.3, -0.25) is 9.97 Å². The van der Waals surface area contributed by atoms with Crippen LogP contribution >= 0.6 is 17.2 Å². The van der Waals surface area contributed by atoms with E-state index in [1.165, 1.54) is 33.4 Å². The monoisotopic (exact) mass is 796 g/mol. The number of nitrogens with zero attached hydrogens (tertiary/aromatic N) is 2. The zero-order valence-corrected chi connectivity index (χ0v) is 35.8. The molecule has 0 N–H and O–H groups in total. The Morgan fingerprint density at radius 3 is 1.53 bits per heavy atom. The van der Waals surface area contributed by atoms with Crippen molar-refractivity contribution < 1.29 is 17.1 Å². The molecule has 0 bridgehead atoms. The van der Waals surface area contributed by atoms with E-state index in [2.05, 4.69) is 190 Å². The van der Waals surface area contributed by atoms with Gasteiger partial charge < -0.3 is 0 Å². The van der Waals surface area contributed by atoms with Gasteiger partial charge in [-0.15, -0.1) is 33.0 Å². The topological polar surface area (TPSA) is 25.8 Å². The summed E-state index contributed by atoms with van der Waals surface area (Å²) in [5, 5.41) is 1.80. The van der Waals surface area contributed by atoms with Crippen LogP contribution < -0.4 is 0 Å². The molecular weight excluding hydrogens is 746 g/mol. The second-order valence-electron chi connectivity index (χ2n) is 16.0. The fourth-order valence-electron chi connectivity index (χ4n) is 7.83. The Morgan fingerprint density at radius 1 is 0.582 bits per heavy atom. The Bertz CT molecular complexity index is 2340. The van der Waals surface area contributed by atoms with Gasteiger partial charge in [0.15, 0.2) is 0 Å². The molecule has 0 aliphatic carbocycles. The summed E-state index contributed by atoms with van der Waals surface area (Å²) in [6.07, 6.45) is 0.978. The van der Waals surface area contributed by atoms with E-state index in [1.807, 2.05) is 30.3 Å². The van der Waals surface area contributed by atoms with Crippen LogP contribution in [0.1, 0.15) is 64.1 Å². The molecule has 0 aliphatic rings. The molecule has 0 saturated carbocycles. The van der Waals surface area contributed by atoms with Crippen LogP contribution in [0.2, 0.25) is 0 Å². The van der Waals surface area contributed by atoms with Crippen molar-refractivity contribution in [2.75, 3.05) is 0 Å². The van der Waals surface area contributed by atoms with Crippen LogP contribution in [0, 0.1) is 0 Å². The molecule has 278 valence electrons. The molecule has 55 heavy (non-hydrogen) atoms. The number of aromatic nitrogens is 2. The van der Waals surface area contributed by atoms with E-state index < -0.39 is 13.1 Å². The van der Waals surface area contributed by atoms with Crippen molar-refractivity contribution in [3.05, 3.63) is 192 Å². The van der Waals surface area contributed by atoms with Crippen LogP contribution in [0.15, 0.2) is 170 Å². The van der Waals surface area contributed by atoms with E-state index in [4.69, 9.17) is 9.97 Å². The van der Waals surface area contributed by atoms with Gasteiger partial charge in [0, 0.05) is 10.8 Å². The minimum absolute atomic E-state index is 0. The van der Waals surface area contributed by atoms with E-state index in [0.29, 0.717) is 0 Å². The standard InChI is InChI=1S/C45H45N2P2.C5H5.Fe/c1-43(2,3)49(44(4,5)6)30-36-37(29-35(31-17-9-7-10-18-31)42(36)34-21-11-8-12-22-34)45(48,40-27-25-32-19-13-15-23-38(32)46-40)41-28-26-33-20-14-16-24-39(33)47-41;1-2-4-5-3-1;/h7-29H,30,48H2,1-6H3;1-5H;/q2*-1;+2. The van der Waals surface area contributed by atoms with Gasteiger partial charge in [0.1, 0.15) is 0 Å². The molecule has 1 unspecified atom stereocenters. The van der Waals surface area contributed by atoms with Gasteiger partial charge in [-0.25, -0.2) is 12.1 Å². The van der Waals surface area contributed by atoms with E-state index in [1.54, 1.807) is 0 Å². The number of rotatable bonds is 7. The van der Waals surface area contributed by atoms with Crippen LogP contribution in [0.25, 0.3) is 44.1 Å². The Balaban J connectivity index is 0.000000794. The second kappa shape index (κ2) is 16.9. The Labute approximate surface area is 342 Å². The van der Waals surface area contributed by atoms with Crippen molar-refractivity contribution >= 4 is 39.0 Å². The maximum atomic E-state index is 5.43. The summed E-state index contributed by atoms with van der Waals surface area (Å²) in [5.41, 5.74) is 11.6. The summed E-state index contributed by atoms with van der Waals surface area (Å²) < 4.78 is 0. The zero-order valence-electron chi connectivity index (χ0n) is 32.6. The number of hydrogen-bond donors (Lipinski definition) is 0. The summed E-state index contributed by atoms with van der Waals surface area (Å²) in [6.45, 7) is 14.6. The van der Waals surface area contributed by atoms with Gasteiger partial charge in [0.2, 0.25) is 0 Å². The predicted molar refractivity (Wildman–Crippen MR) is 238 cm³/mol. The Kier molecular flexibility index (Phi) is 12.4. The van der Waals surface area contributed by atoms with E-state index in [9.17, 15) is 0 Å². The zero-order chi connectivity index (χ0) is 37.9. The molecule has 0 saturated heterocycles. The van der Waals surface area contributed by atoms with Crippen molar-refractivity contribution in [2.24, 2.45) is 0 Å². The van der Waals surface area contributed by atoms with Crippen LogP contribution in [0.5, 0.6) is 0 Å². The van der Waals surface area contributed by atoms with E-state index in [0.717, 1.165) is 39.4 Å². The van der Waals surface area contributed by atoms with Crippen LogP contribution in [0.4, 0.5) is 0 Å². The van der Waals surface area contributed by atoms with Crippen molar-refractivity contribution in [1.29, 1.82) is 0 Å². The largest absolute Gasteiger partial charge is 2.00 e. The maximum absolute atomic E-state index is 5.43. The minimum Gasteiger partial charge on any atom is -0.252 e.